The molecule has 0 amide bonds. The normalized spacial score (nSPS) is 12.0. The lowest BCUT2D eigenvalue weighted by atomic mass is 9.96. The number of aromatic nitrogens is 3. The van der Waals surface area contributed by atoms with E-state index in [9.17, 15) is 4.79 Å². The first-order valence-corrected chi connectivity index (χ1v) is 6.88. The minimum atomic E-state index is -0.579. The van der Waals surface area contributed by atoms with Gasteiger partial charge < -0.3 is 10.1 Å². The van der Waals surface area contributed by atoms with Gasteiger partial charge in [-0.05, 0) is 19.4 Å². The number of hydrogen-bond acceptors (Lipinski definition) is 5. The Morgan fingerprint density at radius 3 is 2.76 bits per heavy atom. The van der Waals surface area contributed by atoms with Crippen molar-refractivity contribution in [1.29, 1.82) is 0 Å². The van der Waals surface area contributed by atoms with Gasteiger partial charge in [-0.25, -0.2) is 0 Å². The first-order chi connectivity index (χ1) is 10.1. The Kier molecular flexibility index (Phi) is 4.57. The van der Waals surface area contributed by atoms with Crippen LogP contribution in [-0.2, 0) is 16.6 Å². The van der Waals surface area contributed by atoms with Gasteiger partial charge in [0, 0.05) is 14.1 Å². The van der Waals surface area contributed by atoms with Crippen LogP contribution in [0.4, 0.5) is 5.95 Å². The standard InChI is InChI=1S/C15H20N4O2/c1-5-21-14(20)12(11-8-6-7-10(2)9-11)13-17-18-15(16-3)19(13)4/h6-9,12H,5H2,1-4H3,(H,16,18). The lowest BCUT2D eigenvalue weighted by molar-refractivity contribution is -0.144. The topological polar surface area (TPSA) is 69.0 Å². The van der Waals surface area contributed by atoms with Crippen molar-refractivity contribution in [1.82, 2.24) is 14.8 Å². The molecular formula is C15H20N4O2. The van der Waals surface area contributed by atoms with Crippen LogP contribution in [0.1, 0.15) is 29.8 Å². The van der Waals surface area contributed by atoms with Crippen LogP contribution in [0.15, 0.2) is 24.3 Å². The summed E-state index contributed by atoms with van der Waals surface area (Å²) >= 11 is 0. The Hall–Kier alpha value is -2.37. The second-order valence-corrected chi connectivity index (χ2v) is 4.79. The van der Waals surface area contributed by atoms with E-state index in [1.165, 1.54) is 0 Å². The van der Waals surface area contributed by atoms with Crippen LogP contribution in [0.25, 0.3) is 0 Å². The maximum atomic E-state index is 12.4. The molecule has 1 unspecified atom stereocenters. The van der Waals surface area contributed by atoms with Crippen LogP contribution >= 0.6 is 0 Å². The Morgan fingerprint density at radius 1 is 1.43 bits per heavy atom. The van der Waals surface area contributed by atoms with Crippen LogP contribution in [-0.4, -0.2) is 34.4 Å². The summed E-state index contributed by atoms with van der Waals surface area (Å²) in [5.41, 5.74) is 1.93. The van der Waals surface area contributed by atoms with Crippen LogP contribution in [0.2, 0.25) is 0 Å². The molecule has 0 aliphatic heterocycles. The fraction of sp³-hybridized carbons (Fsp3) is 0.400. The van der Waals surface area contributed by atoms with Crippen molar-refractivity contribution in [2.24, 2.45) is 7.05 Å². The number of carbonyl (C=O) groups excluding carboxylic acids is 1. The van der Waals surface area contributed by atoms with E-state index in [0.29, 0.717) is 18.4 Å². The SMILES string of the molecule is CCOC(=O)C(c1cccc(C)c1)c1nnc(NC)n1C. The summed E-state index contributed by atoms with van der Waals surface area (Å²) in [6, 6.07) is 7.78. The number of esters is 1. The van der Waals surface area contributed by atoms with Gasteiger partial charge in [-0.2, -0.15) is 0 Å². The number of nitrogens with zero attached hydrogens (tertiary/aromatic N) is 3. The highest BCUT2D eigenvalue weighted by Gasteiger charge is 2.29. The fourth-order valence-electron chi connectivity index (χ4n) is 2.28. The zero-order valence-electron chi connectivity index (χ0n) is 12.8. The predicted molar refractivity (Wildman–Crippen MR) is 80.2 cm³/mol. The minimum Gasteiger partial charge on any atom is -0.465 e. The van der Waals surface area contributed by atoms with Crippen molar-refractivity contribution < 1.29 is 9.53 Å². The van der Waals surface area contributed by atoms with E-state index < -0.39 is 5.92 Å². The molecule has 0 aliphatic carbocycles. The largest absolute Gasteiger partial charge is 0.465 e. The predicted octanol–water partition coefficient (Wildman–Crippen LogP) is 1.86. The second-order valence-electron chi connectivity index (χ2n) is 4.79. The number of anilines is 1. The van der Waals surface area contributed by atoms with E-state index in [-0.39, 0.29) is 5.97 Å². The minimum absolute atomic E-state index is 0.318. The number of benzene rings is 1. The van der Waals surface area contributed by atoms with Crippen molar-refractivity contribution in [2.75, 3.05) is 19.0 Å². The summed E-state index contributed by atoms with van der Waals surface area (Å²) in [5.74, 6) is 0.265. The molecule has 1 heterocycles. The summed E-state index contributed by atoms with van der Waals surface area (Å²) in [6.07, 6.45) is 0. The Balaban J connectivity index is 2.50. The number of rotatable bonds is 5. The number of carbonyl (C=O) groups is 1. The molecule has 0 saturated heterocycles. The zero-order valence-corrected chi connectivity index (χ0v) is 12.8. The lowest BCUT2D eigenvalue weighted by Crippen LogP contribution is -2.21. The van der Waals surface area contributed by atoms with E-state index >= 15 is 0 Å². The summed E-state index contributed by atoms with van der Waals surface area (Å²) in [6.45, 7) is 4.11. The first-order valence-electron chi connectivity index (χ1n) is 6.88. The summed E-state index contributed by atoms with van der Waals surface area (Å²) in [4.78, 5) is 12.4. The highest BCUT2D eigenvalue weighted by molar-refractivity contribution is 5.81. The highest BCUT2D eigenvalue weighted by Crippen LogP contribution is 2.26. The fourth-order valence-corrected chi connectivity index (χ4v) is 2.28. The molecule has 0 aliphatic rings. The molecule has 2 rings (SSSR count). The summed E-state index contributed by atoms with van der Waals surface area (Å²) < 4.78 is 6.98. The number of aryl methyl sites for hydroxylation is 1. The van der Waals surface area contributed by atoms with E-state index in [2.05, 4.69) is 15.5 Å². The van der Waals surface area contributed by atoms with Gasteiger partial charge in [-0.15, -0.1) is 10.2 Å². The summed E-state index contributed by atoms with van der Waals surface area (Å²) in [7, 11) is 3.59. The molecule has 0 fully saturated rings. The summed E-state index contributed by atoms with van der Waals surface area (Å²) in [5, 5.41) is 11.1. The molecule has 0 spiro atoms. The van der Waals surface area contributed by atoms with Crippen molar-refractivity contribution in [3.05, 3.63) is 41.2 Å². The van der Waals surface area contributed by atoms with E-state index in [1.807, 2.05) is 38.2 Å². The van der Waals surface area contributed by atoms with E-state index in [1.54, 1.807) is 18.5 Å². The van der Waals surface area contributed by atoms with Crippen LogP contribution in [0, 0.1) is 6.92 Å². The van der Waals surface area contributed by atoms with Gasteiger partial charge in [-0.3, -0.25) is 9.36 Å². The van der Waals surface area contributed by atoms with Crippen LogP contribution in [0.3, 0.4) is 0 Å². The van der Waals surface area contributed by atoms with Crippen molar-refractivity contribution in [3.8, 4) is 0 Å². The van der Waals surface area contributed by atoms with Gasteiger partial charge in [0.2, 0.25) is 5.95 Å². The maximum Gasteiger partial charge on any atom is 0.321 e. The zero-order chi connectivity index (χ0) is 15.4. The molecule has 0 bridgehead atoms. The first kappa shape index (κ1) is 15.0. The molecule has 6 heteroatoms. The number of hydrogen-bond donors (Lipinski definition) is 1. The molecule has 1 aromatic carbocycles. The van der Waals surface area contributed by atoms with E-state index in [0.717, 1.165) is 11.1 Å². The lowest BCUT2D eigenvalue weighted by Gasteiger charge is -2.16. The van der Waals surface area contributed by atoms with Crippen molar-refractivity contribution >= 4 is 11.9 Å². The monoisotopic (exact) mass is 288 g/mol. The third-order valence-corrected chi connectivity index (χ3v) is 3.29. The third kappa shape index (κ3) is 3.04. The average molecular weight is 288 g/mol. The molecule has 21 heavy (non-hydrogen) atoms. The van der Waals surface area contributed by atoms with Gasteiger partial charge in [-0.1, -0.05) is 29.8 Å². The third-order valence-electron chi connectivity index (χ3n) is 3.29. The molecule has 0 radical (unpaired) electrons. The smallest absolute Gasteiger partial charge is 0.321 e. The average Bonchev–Trinajstić information content (AvgIpc) is 2.81. The molecule has 1 N–H and O–H groups in total. The molecular weight excluding hydrogens is 268 g/mol. The maximum absolute atomic E-state index is 12.4. The van der Waals surface area contributed by atoms with Gasteiger partial charge in [0.1, 0.15) is 5.92 Å². The second kappa shape index (κ2) is 6.39. The molecule has 2 aromatic rings. The van der Waals surface area contributed by atoms with Gasteiger partial charge >= 0.3 is 5.97 Å². The molecule has 0 saturated carbocycles. The van der Waals surface area contributed by atoms with Gasteiger partial charge in [0.15, 0.2) is 5.82 Å². The molecule has 6 nitrogen and oxygen atoms in total. The Morgan fingerprint density at radius 2 is 2.19 bits per heavy atom. The number of ether oxygens (including phenoxy) is 1. The van der Waals surface area contributed by atoms with Crippen LogP contribution in [0.5, 0.6) is 0 Å². The molecule has 1 aromatic heterocycles. The van der Waals surface area contributed by atoms with Gasteiger partial charge in [0.25, 0.3) is 0 Å². The van der Waals surface area contributed by atoms with Crippen molar-refractivity contribution in [3.63, 3.8) is 0 Å². The van der Waals surface area contributed by atoms with Crippen molar-refractivity contribution in [2.45, 2.75) is 19.8 Å². The highest BCUT2D eigenvalue weighted by atomic mass is 16.5. The molecule has 112 valence electrons. The van der Waals surface area contributed by atoms with Gasteiger partial charge in [0.05, 0.1) is 6.61 Å². The Labute approximate surface area is 124 Å². The quantitative estimate of drug-likeness (QED) is 0.850. The number of nitrogens with one attached hydrogen (secondary N) is 1. The van der Waals surface area contributed by atoms with E-state index in [4.69, 9.17) is 4.74 Å². The molecule has 1 atom stereocenters. The Bertz CT molecular complexity index is 636. The van der Waals surface area contributed by atoms with Crippen LogP contribution < -0.4 is 5.32 Å².